The van der Waals surface area contributed by atoms with Gasteiger partial charge in [-0.1, -0.05) is 6.92 Å². The van der Waals surface area contributed by atoms with Crippen molar-refractivity contribution in [1.29, 1.82) is 0 Å². The summed E-state index contributed by atoms with van der Waals surface area (Å²) in [6.45, 7) is 3.00. The highest BCUT2D eigenvalue weighted by molar-refractivity contribution is 9.10. The van der Waals surface area contributed by atoms with Crippen LogP contribution in [0, 0.1) is 0 Å². The number of amides is 2. The Morgan fingerprint density at radius 1 is 1.61 bits per heavy atom. The number of piperazine rings is 1. The number of carbonyl (C=O) groups excluding carboxylic acids is 2. The van der Waals surface area contributed by atoms with Gasteiger partial charge in [0.25, 0.3) is 5.91 Å². The molecule has 6 heteroatoms. The van der Waals surface area contributed by atoms with E-state index in [0.717, 1.165) is 4.47 Å². The molecule has 1 atom stereocenters. The highest BCUT2D eigenvalue weighted by Crippen LogP contribution is 2.18. The molecule has 18 heavy (non-hydrogen) atoms. The van der Waals surface area contributed by atoms with Gasteiger partial charge in [-0.25, -0.2) is 0 Å². The minimum absolute atomic E-state index is 0.0645. The third kappa shape index (κ3) is 2.29. The third-order valence-corrected chi connectivity index (χ3v) is 3.60. The molecule has 2 heterocycles. The van der Waals surface area contributed by atoms with Gasteiger partial charge in [-0.2, -0.15) is 0 Å². The summed E-state index contributed by atoms with van der Waals surface area (Å²) in [6.07, 6.45) is 2.46. The summed E-state index contributed by atoms with van der Waals surface area (Å²) in [5, 5.41) is 2.79. The van der Waals surface area contributed by atoms with Crippen LogP contribution in [0.5, 0.6) is 0 Å². The number of aromatic nitrogens is 1. The normalized spacial score (nSPS) is 19.8. The number of nitrogens with one attached hydrogen (secondary N) is 1. The molecule has 1 saturated heterocycles. The largest absolute Gasteiger partial charge is 0.353 e. The number of aryl methyl sites for hydroxylation is 1. The molecule has 0 aromatic carbocycles. The van der Waals surface area contributed by atoms with E-state index in [1.54, 1.807) is 15.5 Å². The minimum Gasteiger partial charge on any atom is -0.353 e. The van der Waals surface area contributed by atoms with Gasteiger partial charge in [-0.05, 0) is 28.4 Å². The van der Waals surface area contributed by atoms with Crippen molar-refractivity contribution in [2.45, 2.75) is 19.4 Å². The zero-order chi connectivity index (χ0) is 13.3. The molecule has 5 nitrogen and oxygen atoms in total. The van der Waals surface area contributed by atoms with Crippen molar-refractivity contribution in [3.8, 4) is 0 Å². The van der Waals surface area contributed by atoms with Crippen LogP contribution in [-0.2, 0) is 11.8 Å². The van der Waals surface area contributed by atoms with E-state index in [4.69, 9.17) is 0 Å². The summed E-state index contributed by atoms with van der Waals surface area (Å²) in [4.78, 5) is 25.8. The van der Waals surface area contributed by atoms with Gasteiger partial charge in [0.15, 0.2) is 0 Å². The van der Waals surface area contributed by atoms with Crippen LogP contribution in [0.3, 0.4) is 0 Å². The van der Waals surface area contributed by atoms with E-state index in [-0.39, 0.29) is 17.9 Å². The Hall–Kier alpha value is -1.30. The molecular formula is C12H16BrN3O2. The number of hydrogen-bond acceptors (Lipinski definition) is 2. The second-order valence-corrected chi connectivity index (χ2v) is 5.28. The molecule has 1 aliphatic rings. The lowest BCUT2D eigenvalue weighted by atomic mass is 10.1. The fourth-order valence-electron chi connectivity index (χ4n) is 2.25. The summed E-state index contributed by atoms with van der Waals surface area (Å²) in [6, 6.07) is 1.42. The highest BCUT2D eigenvalue weighted by Gasteiger charge is 2.32. The van der Waals surface area contributed by atoms with Crippen molar-refractivity contribution in [1.82, 2.24) is 14.8 Å². The van der Waals surface area contributed by atoms with Crippen LogP contribution in [0.15, 0.2) is 16.7 Å². The van der Waals surface area contributed by atoms with E-state index < -0.39 is 0 Å². The maximum atomic E-state index is 12.5. The van der Waals surface area contributed by atoms with Crippen molar-refractivity contribution < 1.29 is 9.59 Å². The molecule has 1 aromatic heterocycles. The number of halogens is 1. The second kappa shape index (κ2) is 5.14. The molecular weight excluding hydrogens is 298 g/mol. The van der Waals surface area contributed by atoms with Gasteiger partial charge < -0.3 is 14.8 Å². The van der Waals surface area contributed by atoms with Gasteiger partial charge in [0.1, 0.15) is 11.7 Å². The number of hydrogen-bond donors (Lipinski definition) is 1. The molecule has 1 aliphatic heterocycles. The van der Waals surface area contributed by atoms with E-state index in [9.17, 15) is 9.59 Å². The van der Waals surface area contributed by atoms with E-state index in [2.05, 4.69) is 21.2 Å². The van der Waals surface area contributed by atoms with E-state index in [1.807, 2.05) is 20.2 Å². The van der Waals surface area contributed by atoms with Crippen LogP contribution in [0.1, 0.15) is 23.8 Å². The molecule has 2 rings (SSSR count). The van der Waals surface area contributed by atoms with Crippen molar-refractivity contribution in [2.75, 3.05) is 13.1 Å². The van der Waals surface area contributed by atoms with Crippen LogP contribution in [-0.4, -0.2) is 40.4 Å². The van der Waals surface area contributed by atoms with E-state index >= 15 is 0 Å². The Morgan fingerprint density at radius 2 is 2.33 bits per heavy atom. The fourth-order valence-corrected chi connectivity index (χ4v) is 2.77. The van der Waals surface area contributed by atoms with Crippen LogP contribution >= 0.6 is 15.9 Å². The Bertz CT molecular complexity index is 484. The maximum absolute atomic E-state index is 12.5. The summed E-state index contributed by atoms with van der Waals surface area (Å²) in [7, 11) is 1.82. The van der Waals surface area contributed by atoms with E-state index in [1.165, 1.54) is 0 Å². The van der Waals surface area contributed by atoms with Gasteiger partial charge in [0.05, 0.1) is 0 Å². The highest BCUT2D eigenvalue weighted by atomic mass is 79.9. The summed E-state index contributed by atoms with van der Waals surface area (Å²) in [5.41, 5.74) is 0.593. The SMILES string of the molecule is CCC1C(=O)NCCN1C(=O)c1cc(Br)cn1C. The first kappa shape index (κ1) is 13.1. The monoisotopic (exact) mass is 313 g/mol. The van der Waals surface area contributed by atoms with Gasteiger partial charge in [-0.3, -0.25) is 9.59 Å². The molecule has 0 aliphatic carbocycles. The zero-order valence-corrected chi connectivity index (χ0v) is 12.0. The Labute approximate surface area is 114 Å². The average Bonchev–Trinajstić information content (AvgIpc) is 2.67. The quantitative estimate of drug-likeness (QED) is 0.890. The van der Waals surface area contributed by atoms with E-state index in [0.29, 0.717) is 25.2 Å². The molecule has 2 amide bonds. The molecule has 0 spiro atoms. The van der Waals surface area contributed by atoms with Crippen LogP contribution in [0.2, 0.25) is 0 Å². The van der Waals surface area contributed by atoms with Crippen molar-refractivity contribution >= 4 is 27.7 Å². The first-order chi connectivity index (χ1) is 8.54. The van der Waals surface area contributed by atoms with Crippen molar-refractivity contribution in [3.63, 3.8) is 0 Å². The molecule has 0 bridgehead atoms. The minimum atomic E-state index is -0.361. The number of carbonyl (C=O) groups is 2. The first-order valence-corrected chi connectivity index (χ1v) is 6.74. The summed E-state index contributed by atoms with van der Waals surface area (Å²) >= 11 is 3.35. The zero-order valence-electron chi connectivity index (χ0n) is 10.4. The fraction of sp³-hybridized carbons (Fsp3) is 0.500. The first-order valence-electron chi connectivity index (χ1n) is 5.95. The van der Waals surface area contributed by atoms with Gasteiger partial charge >= 0.3 is 0 Å². The summed E-state index contributed by atoms with van der Waals surface area (Å²) < 4.78 is 2.63. The Morgan fingerprint density at radius 3 is 2.89 bits per heavy atom. The molecule has 1 N–H and O–H groups in total. The Kier molecular flexibility index (Phi) is 3.75. The third-order valence-electron chi connectivity index (χ3n) is 3.17. The topological polar surface area (TPSA) is 54.3 Å². The lowest BCUT2D eigenvalue weighted by Crippen LogP contribution is -2.57. The molecule has 1 fully saturated rings. The van der Waals surface area contributed by atoms with Crippen LogP contribution in [0.25, 0.3) is 0 Å². The van der Waals surface area contributed by atoms with Crippen molar-refractivity contribution in [3.05, 3.63) is 22.4 Å². The van der Waals surface area contributed by atoms with Crippen molar-refractivity contribution in [2.24, 2.45) is 7.05 Å². The maximum Gasteiger partial charge on any atom is 0.271 e. The predicted octanol–water partition coefficient (Wildman–Crippen LogP) is 1.14. The second-order valence-electron chi connectivity index (χ2n) is 4.37. The van der Waals surface area contributed by atoms with Gasteiger partial charge in [0, 0.05) is 30.8 Å². The van der Waals surface area contributed by atoms with Crippen LogP contribution < -0.4 is 5.32 Å². The molecule has 1 unspecified atom stereocenters. The molecule has 1 aromatic rings. The number of rotatable bonds is 2. The standard InChI is InChI=1S/C12H16BrN3O2/c1-3-9-11(17)14-4-5-16(9)12(18)10-6-8(13)7-15(10)2/h6-7,9H,3-5H2,1-2H3,(H,14,17). The Balaban J connectivity index is 2.27. The lowest BCUT2D eigenvalue weighted by Gasteiger charge is -2.34. The molecule has 0 saturated carbocycles. The summed E-state index contributed by atoms with van der Waals surface area (Å²) in [5.74, 6) is -0.157. The van der Waals surface area contributed by atoms with Crippen LogP contribution in [0.4, 0.5) is 0 Å². The van der Waals surface area contributed by atoms with Gasteiger partial charge in [-0.15, -0.1) is 0 Å². The smallest absolute Gasteiger partial charge is 0.271 e. The molecule has 98 valence electrons. The predicted molar refractivity (Wildman–Crippen MR) is 71.2 cm³/mol. The van der Waals surface area contributed by atoms with Gasteiger partial charge in [0.2, 0.25) is 5.91 Å². The molecule has 0 radical (unpaired) electrons. The average molecular weight is 314 g/mol. The lowest BCUT2D eigenvalue weighted by molar-refractivity contribution is -0.127. The number of nitrogens with zero attached hydrogens (tertiary/aromatic N) is 2.